The predicted molar refractivity (Wildman–Crippen MR) is 78.7 cm³/mol. The van der Waals surface area contributed by atoms with Crippen LogP contribution in [0.15, 0.2) is 0 Å². The van der Waals surface area contributed by atoms with Crippen molar-refractivity contribution in [2.45, 2.75) is 59.0 Å². The van der Waals surface area contributed by atoms with Crippen LogP contribution in [0, 0.1) is 23.7 Å². The van der Waals surface area contributed by atoms with E-state index in [1.54, 1.807) is 0 Å². The van der Waals surface area contributed by atoms with Gasteiger partial charge in [-0.1, -0.05) is 27.7 Å². The van der Waals surface area contributed by atoms with E-state index in [0.29, 0.717) is 6.04 Å². The second-order valence-corrected chi connectivity index (χ2v) is 7.12. The summed E-state index contributed by atoms with van der Waals surface area (Å²) < 4.78 is 0. The monoisotopic (exact) mass is 252 g/mol. The molecule has 2 nitrogen and oxygen atoms in total. The molecule has 2 saturated carbocycles. The van der Waals surface area contributed by atoms with Crippen LogP contribution < -0.4 is 5.32 Å². The predicted octanol–water partition coefficient (Wildman–Crippen LogP) is 2.99. The zero-order valence-corrected chi connectivity index (χ0v) is 12.9. The number of nitrogens with one attached hydrogen (secondary N) is 1. The Kier molecular flexibility index (Phi) is 4.71. The molecule has 6 unspecified atom stereocenters. The first-order chi connectivity index (χ1) is 8.52. The fraction of sp³-hybridized carbons (Fsp3) is 1.00. The molecule has 0 bridgehead atoms. The first-order valence-corrected chi connectivity index (χ1v) is 7.96. The summed E-state index contributed by atoms with van der Waals surface area (Å²) in [5, 5.41) is 3.74. The molecule has 106 valence electrons. The highest BCUT2D eigenvalue weighted by Crippen LogP contribution is 2.40. The lowest BCUT2D eigenvalue weighted by atomic mass is 9.76. The molecule has 2 rings (SSSR count). The van der Waals surface area contributed by atoms with E-state index in [9.17, 15) is 0 Å². The molecule has 0 aliphatic heterocycles. The van der Waals surface area contributed by atoms with Gasteiger partial charge in [-0.2, -0.15) is 0 Å². The summed E-state index contributed by atoms with van der Waals surface area (Å²) in [6.45, 7) is 11.9. The maximum Gasteiger partial charge on any atom is 0.0272 e. The van der Waals surface area contributed by atoms with Gasteiger partial charge in [0.25, 0.3) is 0 Å². The zero-order chi connectivity index (χ0) is 13.3. The van der Waals surface area contributed by atoms with Crippen LogP contribution in [0.4, 0.5) is 0 Å². The third-order valence-corrected chi connectivity index (χ3v) is 5.20. The highest BCUT2D eigenvalue weighted by Gasteiger charge is 2.39. The van der Waals surface area contributed by atoms with E-state index >= 15 is 0 Å². The minimum Gasteiger partial charge on any atom is -0.313 e. The molecule has 0 aromatic heterocycles. The Labute approximate surface area is 114 Å². The van der Waals surface area contributed by atoms with Crippen molar-refractivity contribution >= 4 is 0 Å². The van der Waals surface area contributed by atoms with Gasteiger partial charge in [0, 0.05) is 18.6 Å². The molecule has 0 aromatic carbocycles. The van der Waals surface area contributed by atoms with E-state index in [4.69, 9.17) is 0 Å². The Balaban J connectivity index is 1.96. The van der Waals surface area contributed by atoms with E-state index in [0.717, 1.165) is 36.3 Å². The standard InChI is InChI=1S/C16H32N2/c1-6-17-15-8-11(2)7-13(4)16(15)18(5)10-14-9-12(14)3/h11-17H,6-10H2,1-5H3. The van der Waals surface area contributed by atoms with E-state index < -0.39 is 0 Å². The van der Waals surface area contributed by atoms with Crippen molar-refractivity contribution in [2.75, 3.05) is 20.1 Å². The Morgan fingerprint density at radius 3 is 2.28 bits per heavy atom. The molecule has 0 heterocycles. The van der Waals surface area contributed by atoms with Crippen LogP contribution >= 0.6 is 0 Å². The van der Waals surface area contributed by atoms with Crippen LogP contribution in [0.1, 0.15) is 47.0 Å². The van der Waals surface area contributed by atoms with E-state index in [1.807, 2.05) is 0 Å². The zero-order valence-electron chi connectivity index (χ0n) is 12.9. The lowest BCUT2D eigenvalue weighted by Crippen LogP contribution is -2.55. The summed E-state index contributed by atoms with van der Waals surface area (Å²) in [5.74, 6) is 3.66. The van der Waals surface area contributed by atoms with Gasteiger partial charge < -0.3 is 10.2 Å². The van der Waals surface area contributed by atoms with E-state index in [2.05, 4.69) is 45.0 Å². The maximum absolute atomic E-state index is 3.74. The largest absolute Gasteiger partial charge is 0.313 e. The van der Waals surface area contributed by atoms with E-state index in [-0.39, 0.29) is 0 Å². The van der Waals surface area contributed by atoms with Crippen molar-refractivity contribution in [2.24, 2.45) is 23.7 Å². The molecule has 0 radical (unpaired) electrons. The normalized spacial score (nSPS) is 44.3. The second-order valence-electron chi connectivity index (χ2n) is 7.12. The minimum atomic E-state index is 0.702. The van der Waals surface area contributed by atoms with Gasteiger partial charge in [0.2, 0.25) is 0 Å². The SMILES string of the molecule is CCNC1CC(C)CC(C)C1N(C)CC1CC1C. The Bertz CT molecular complexity index is 266. The highest BCUT2D eigenvalue weighted by atomic mass is 15.2. The van der Waals surface area contributed by atoms with Crippen molar-refractivity contribution in [1.82, 2.24) is 10.2 Å². The van der Waals surface area contributed by atoms with Gasteiger partial charge in [0.1, 0.15) is 0 Å². The summed E-state index contributed by atoms with van der Waals surface area (Å²) in [4.78, 5) is 2.66. The fourth-order valence-electron chi connectivity index (χ4n) is 4.19. The number of hydrogen-bond acceptors (Lipinski definition) is 2. The molecule has 0 spiro atoms. The quantitative estimate of drug-likeness (QED) is 0.809. The van der Waals surface area contributed by atoms with Crippen LogP contribution in [0.5, 0.6) is 0 Å². The van der Waals surface area contributed by atoms with Gasteiger partial charge in [-0.3, -0.25) is 0 Å². The van der Waals surface area contributed by atoms with Crippen molar-refractivity contribution < 1.29 is 0 Å². The molecule has 0 aromatic rings. The first kappa shape index (κ1) is 14.3. The smallest absolute Gasteiger partial charge is 0.0272 e. The van der Waals surface area contributed by atoms with Gasteiger partial charge >= 0.3 is 0 Å². The Morgan fingerprint density at radius 2 is 1.72 bits per heavy atom. The Morgan fingerprint density at radius 1 is 1.06 bits per heavy atom. The number of hydrogen-bond donors (Lipinski definition) is 1. The summed E-state index contributed by atoms with van der Waals surface area (Å²) in [5.41, 5.74) is 0. The molecular formula is C16H32N2. The molecule has 1 N–H and O–H groups in total. The van der Waals surface area contributed by atoms with Crippen molar-refractivity contribution in [3.8, 4) is 0 Å². The van der Waals surface area contributed by atoms with Crippen LogP contribution in [0.2, 0.25) is 0 Å². The van der Waals surface area contributed by atoms with Gasteiger partial charge in [0.15, 0.2) is 0 Å². The number of rotatable bonds is 5. The highest BCUT2D eigenvalue weighted by molar-refractivity contribution is 4.95. The first-order valence-electron chi connectivity index (χ1n) is 7.96. The summed E-state index contributed by atoms with van der Waals surface area (Å²) in [6.07, 6.45) is 4.21. The molecule has 2 aliphatic carbocycles. The number of nitrogens with zero attached hydrogens (tertiary/aromatic N) is 1. The van der Waals surface area contributed by atoms with Crippen LogP contribution in [0.25, 0.3) is 0 Å². The average Bonchev–Trinajstić information content (AvgIpc) is 2.93. The topological polar surface area (TPSA) is 15.3 Å². The van der Waals surface area contributed by atoms with Crippen molar-refractivity contribution in [3.63, 3.8) is 0 Å². The van der Waals surface area contributed by atoms with Gasteiger partial charge in [-0.15, -0.1) is 0 Å². The molecule has 6 atom stereocenters. The summed E-state index contributed by atoms with van der Waals surface area (Å²) in [7, 11) is 2.35. The molecule has 2 fully saturated rings. The third kappa shape index (κ3) is 3.27. The van der Waals surface area contributed by atoms with Crippen LogP contribution in [0.3, 0.4) is 0 Å². The molecule has 0 amide bonds. The average molecular weight is 252 g/mol. The lowest BCUT2D eigenvalue weighted by molar-refractivity contribution is 0.0770. The Hall–Kier alpha value is -0.0800. The fourth-order valence-corrected chi connectivity index (χ4v) is 4.19. The third-order valence-electron chi connectivity index (χ3n) is 5.20. The van der Waals surface area contributed by atoms with Gasteiger partial charge in [-0.05, 0) is 56.5 Å². The van der Waals surface area contributed by atoms with Gasteiger partial charge in [0.05, 0.1) is 0 Å². The lowest BCUT2D eigenvalue weighted by Gasteiger charge is -2.45. The van der Waals surface area contributed by atoms with Crippen molar-refractivity contribution in [1.29, 1.82) is 0 Å². The molecule has 0 saturated heterocycles. The summed E-state index contributed by atoms with van der Waals surface area (Å²) in [6, 6.07) is 1.45. The van der Waals surface area contributed by atoms with Crippen LogP contribution in [-0.2, 0) is 0 Å². The summed E-state index contributed by atoms with van der Waals surface area (Å²) >= 11 is 0. The maximum atomic E-state index is 3.74. The second kappa shape index (κ2) is 5.92. The molecule has 2 heteroatoms. The molecule has 2 aliphatic rings. The minimum absolute atomic E-state index is 0.702. The molecule has 18 heavy (non-hydrogen) atoms. The number of likely N-dealkylation sites (N-methyl/N-ethyl adjacent to an activating group) is 2. The molecular weight excluding hydrogens is 220 g/mol. The van der Waals surface area contributed by atoms with E-state index in [1.165, 1.54) is 25.8 Å². The van der Waals surface area contributed by atoms with Gasteiger partial charge in [-0.25, -0.2) is 0 Å². The van der Waals surface area contributed by atoms with Crippen molar-refractivity contribution in [3.05, 3.63) is 0 Å². The van der Waals surface area contributed by atoms with Crippen LogP contribution in [-0.4, -0.2) is 37.1 Å².